The lowest BCUT2D eigenvalue weighted by molar-refractivity contribution is 0.402. The molecular weight excluding hydrogens is 234 g/mol. The van der Waals surface area contributed by atoms with Gasteiger partial charge in [-0.2, -0.15) is 0 Å². The normalized spacial score (nSPS) is 12.9. The van der Waals surface area contributed by atoms with Crippen molar-refractivity contribution in [3.8, 4) is 10.8 Å². The molecule has 1 atom stereocenters. The van der Waals surface area contributed by atoms with Gasteiger partial charge in [0.1, 0.15) is 0 Å². The maximum Gasteiger partial charge on any atom is 0.257 e. The Morgan fingerprint density at radius 3 is 2.76 bits per heavy atom. The third kappa shape index (κ3) is 2.73. The predicted octanol–water partition coefficient (Wildman–Crippen LogP) is 3.17. The highest BCUT2D eigenvalue weighted by Gasteiger charge is 2.17. The molecule has 0 spiro atoms. The van der Waals surface area contributed by atoms with E-state index < -0.39 is 0 Å². The molecule has 5 heteroatoms. The maximum atomic E-state index is 5.71. The molecule has 0 saturated carbocycles. The molecular formula is C12H17N3OS. The highest BCUT2D eigenvalue weighted by atomic mass is 32.1. The Labute approximate surface area is 105 Å². The first-order valence-corrected chi connectivity index (χ1v) is 6.69. The van der Waals surface area contributed by atoms with E-state index in [1.165, 1.54) is 4.88 Å². The molecule has 1 N–H and O–H groups in total. The minimum atomic E-state index is 0.155. The van der Waals surface area contributed by atoms with E-state index in [9.17, 15) is 0 Å². The first-order valence-electron chi connectivity index (χ1n) is 5.88. The maximum absolute atomic E-state index is 5.71. The van der Waals surface area contributed by atoms with Crippen LogP contribution in [-0.4, -0.2) is 16.7 Å². The van der Waals surface area contributed by atoms with Gasteiger partial charge in [-0.15, -0.1) is 21.5 Å². The van der Waals surface area contributed by atoms with Gasteiger partial charge in [0.25, 0.3) is 5.89 Å². The summed E-state index contributed by atoms with van der Waals surface area (Å²) in [7, 11) is 0. The largest absolute Gasteiger partial charge is 0.418 e. The number of aryl methyl sites for hydroxylation is 1. The molecule has 0 aromatic carbocycles. The molecule has 2 aromatic heterocycles. The number of thiophene rings is 1. The summed E-state index contributed by atoms with van der Waals surface area (Å²) in [5.74, 6) is 1.30. The first-order chi connectivity index (χ1) is 8.24. The van der Waals surface area contributed by atoms with Crippen LogP contribution >= 0.6 is 11.3 Å². The second-order valence-electron chi connectivity index (χ2n) is 3.87. The van der Waals surface area contributed by atoms with Crippen LogP contribution in [0, 0.1) is 6.92 Å². The van der Waals surface area contributed by atoms with Crippen molar-refractivity contribution in [2.24, 2.45) is 0 Å². The van der Waals surface area contributed by atoms with Crippen LogP contribution in [0.15, 0.2) is 16.5 Å². The van der Waals surface area contributed by atoms with Gasteiger partial charge in [-0.25, -0.2) is 0 Å². The van der Waals surface area contributed by atoms with E-state index in [1.54, 1.807) is 11.3 Å². The highest BCUT2D eigenvalue weighted by Crippen LogP contribution is 2.28. The molecule has 0 aliphatic rings. The van der Waals surface area contributed by atoms with Crippen LogP contribution in [0.1, 0.15) is 37.1 Å². The summed E-state index contributed by atoms with van der Waals surface area (Å²) in [5, 5.41) is 11.5. The summed E-state index contributed by atoms with van der Waals surface area (Å²) in [6.45, 7) is 7.14. The van der Waals surface area contributed by atoms with Gasteiger partial charge >= 0.3 is 0 Å². The van der Waals surface area contributed by atoms with Crippen LogP contribution < -0.4 is 5.32 Å². The van der Waals surface area contributed by atoms with Gasteiger partial charge in [0.15, 0.2) is 0 Å². The number of nitrogens with zero attached hydrogens (tertiary/aromatic N) is 2. The molecule has 2 rings (SSSR count). The fourth-order valence-electron chi connectivity index (χ4n) is 1.68. The standard InChI is InChI=1S/C12H17N3OS/c1-4-9(13-5-2)11-14-15-12(16-11)10-7-6-8(3)17-10/h6-7,9,13H,4-5H2,1-3H3. The third-order valence-corrected chi connectivity index (χ3v) is 3.54. The van der Waals surface area contributed by atoms with Crippen LogP contribution in [-0.2, 0) is 0 Å². The van der Waals surface area contributed by atoms with Crippen LogP contribution in [0.2, 0.25) is 0 Å². The third-order valence-electron chi connectivity index (χ3n) is 2.55. The molecule has 17 heavy (non-hydrogen) atoms. The lowest BCUT2D eigenvalue weighted by Gasteiger charge is -2.09. The Hall–Kier alpha value is -1.20. The molecule has 2 aromatic rings. The topological polar surface area (TPSA) is 51.0 Å². The molecule has 2 heterocycles. The summed E-state index contributed by atoms with van der Waals surface area (Å²) in [5.41, 5.74) is 0. The van der Waals surface area contributed by atoms with E-state index in [-0.39, 0.29) is 6.04 Å². The minimum absolute atomic E-state index is 0.155. The minimum Gasteiger partial charge on any atom is -0.418 e. The first kappa shape index (κ1) is 12.3. The highest BCUT2D eigenvalue weighted by molar-refractivity contribution is 7.15. The molecule has 4 nitrogen and oxygen atoms in total. The van der Waals surface area contributed by atoms with Crippen LogP contribution in [0.5, 0.6) is 0 Å². The quantitative estimate of drug-likeness (QED) is 0.886. The van der Waals surface area contributed by atoms with Crippen LogP contribution in [0.4, 0.5) is 0 Å². The Morgan fingerprint density at radius 1 is 1.35 bits per heavy atom. The Morgan fingerprint density at radius 2 is 2.18 bits per heavy atom. The van der Waals surface area contributed by atoms with Crippen molar-refractivity contribution in [2.75, 3.05) is 6.54 Å². The van der Waals surface area contributed by atoms with Gasteiger partial charge in [-0.05, 0) is 32.0 Å². The zero-order valence-corrected chi connectivity index (χ0v) is 11.2. The second-order valence-corrected chi connectivity index (χ2v) is 5.16. The average Bonchev–Trinajstić information content (AvgIpc) is 2.94. The van der Waals surface area contributed by atoms with E-state index in [0.717, 1.165) is 17.8 Å². The van der Waals surface area contributed by atoms with Gasteiger partial charge < -0.3 is 9.73 Å². The fourth-order valence-corrected chi connectivity index (χ4v) is 2.47. The molecule has 0 fully saturated rings. The molecule has 0 bridgehead atoms. The van der Waals surface area contributed by atoms with Crippen molar-refractivity contribution in [3.05, 3.63) is 22.9 Å². The monoisotopic (exact) mass is 251 g/mol. The number of aromatic nitrogens is 2. The van der Waals surface area contributed by atoms with E-state index >= 15 is 0 Å². The van der Waals surface area contributed by atoms with Gasteiger partial charge in [0.05, 0.1) is 10.9 Å². The summed E-state index contributed by atoms with van der Waals surface area (Å²) < 4.78 is 5.71. The molecule has 0 aliphatic heterocycles. The number of hydrogen-bond acceptors (Lipinski definition) is 5. The molecule has 0 saturated heterocycles. The smallest absolute Gasteiger partial charge is 0.257 e. The SMILES string of the molecule is CCNC(CC)c1nnc(-c2ccc(C)s2)o1. The van der Waals surface area contributed by atoms with Crippen molar-refractivity contribution < 1.29 is 4.42 Å². The Bertz CT molecular complexity index is 478. The lowest BCUT2D eigenvalue weighted by Crippen LogP contribution is -2.20. The van der Waals surface area contributed by atoms with Crippen molar-refractivity contribution in [1.29, 1.82) is 0 Å². The average molecular weight is 251 g/mol. The molecule has 0 radical (unpaired) electrons. The van der Waals surface area contributed by atoms with Crippen molar-refractivity contribution in [2.45, 2.75) is 33.2 Å². The van der Waals surface area contributed by atoms with Crippen LogP contribution in [0.25, 0.3) is 10.8 Å². The summed E-state index contributed by atoms with van der Waals surface area (Å²) in [6.07, 6.45) is 0.943. The summed E-state index contributed by atoms with van der Waals surface area (Å²) in [4.78, 5) is 2.28. The summed E-state index contributed by atoms with van der Waals surface area (Å²) in [6, 6.07) is 4.24. The number of rotatable bonds is 5. The number of hydrogen-bond donors (Lipinski definition) is 1. The lowest BCUT2D eigenvalue weighted by atomic mass is 10.2. The Balaban J connectivity index is 2.20. The van der Waals surface area contributed by atoms with E-state index in [0.29, 0.717) is 11.8 Å². The van der Waals surface area contributed by atoms with Crippen molar-refractivity contribution >= 4 is 11.3 Å². The van der Waals surface area contributed by atoms with Crippen molar-refractivity contribution in [1.82, 2.24) is 15.5 Å². The zero-order chi connectivity index (χ0) is 12.3. The van der Waals surface area contributed by atoms with Crippen molar-refractivity contribution in [3.63, 3.8) is 0 Å². The van der Waals surface area contributed by atoms with Gasteiger partial charge in [0.2, 0.25) is 5.89 Å². The van der Waals surface area contributed by atoms with E-state index in [2.05, 4.69) is 42.4 Å². The van der Waals surface area contributed by atoms with E-state index in [1.807, 2.05) is 6.07 Å². The molecule has 0 amide bonds. The fraction of sp³-hybridized carbons (Fsp3) is 0.500. The molecule has 92 valence electrons. The second kappa shape index (κ2) is 5.42. The van der Waals surface area contributed by atoms with Gasteiger partial charge in [-0.3, -0.25) is 0 Å². The zero-order valence-electron chi connectivity index (χ0n) is 10.4. The molecule has 1 unspecified atom stereocenters. The Kier molecular flexibility index (Phi) is 3.91. The van der Waals surface area contributed by atoms with E-state index in [4.69, 9.17) is 4.42 Å². The van der Waals surface area contributed by atoms with Gasteiger partial charge in [-0.1, -0.05) is 13.8 Å². The number of nitrogens with one attached hydrogen (secondary N) is 1. The predicted molar refractivity (Wildman–Crippen MR) is 69.1 cm³/mol. The molecule has 0 aliphatic carbocycles. The van der Waals surface area contributed by atoms with Crippen LogP contribution in [0.3, 0.4) is 0 Å². The van der Waals surface area contributed by atoms with Gasteiger partial charge in [0, 0.05) is 4.88 Å². The summed E-state index contributed by atoms with van der Waals surface area (Å²) >= 11 is 1.67.